The Morgan fingerprint density at radius 1 is 0.738 bits per heavy atom. The summed E-state index contributed by atoms with van der Waals surface area (Å²) in [6.45, 7) is 3.85. The number of hydrogen-bond acceptors (Lipinski definition) is 4. The van der Waals surface area contributed by atoms with Gasteiger partial charge in [0.05, 0.1) is 10.6 Å². The van der Waals surface area contributed by atoms with Crippen LogP contribution in [0.15, 0.2) is 120 Å². The summed E-state index contributed by atoms with van der Waals surface area (Å²) in [6.07, 6.45) is 0.858. The third kappa shape index (κ3) is 7.44. The van der Waals surface area contributed by atoms with Gasteiger partial charge >= 0.3 is 0 Å². The van der Waals surface area contributed by atoms with Crippen molar-refractivity contribution in [2.45, 2.75) is 44.2 Å². The van der Waals surface area contributed by atoms with Gasteiger partial charge in [-0.1, -0.05) is 104 Å². The predicted molar refractivity (Wildman–Crippen MR) is 166 cm³/mol. The molecule has 0 radical (unpaired) electrons. The first-order valence-corrected chi connectivity index (χ1v) is 15.6. The molecule has 1 atom stereocenters. The summed E-state index contributed by atoms with van der Waals surface area (Å²) in [5, 5.41) is 2.88. The van der Waals surface area contributed by atoms with E-state index in [1.807, 2.05) is 86.6 Å². The van der Waals surface area contributed by atoms with Gasteiger partial charge in [-0.05, 0) is 48.2 Å². The maximum atomic E-state index is 14.4. The van der Waals surface area contributed by atoms with Gasteiger partial charge in [0.15, 0.2) is 0 Å². The molecule has 0 aromatic heterocycles. The van der Waals surface area contributed by atoms with Gasteiger partial charge in [0.2, 0.25) is 11.8 Å². The van der Waals surface area contributed by atoms with E-state index in [4.69, 9.17) is 0 Å². The second-order valence-electron chi connectivity index (χ2n) is 9.91. The number of hydrogen-bond donors (Lipinski definition) is 1. The normalized spacial score (nSPS) is 11.9. The summed E-state index contributed by atoms with van der Waals surface area (Å²) in [7, 11) is -4.12. The molecule has 0 saturated carbocycles. The van der Waals surface area contributed by atoms with Gasteiger partial charge in [-0.15, -0.1) is 0 Å². The third-order valence-corrected chi connectivity index (χ3v) is 8.84. The fourth-order valence-corrected chi connectivity index (χ4v) is 6.39. The molecule has 218 valence electrons. The van der Waals surface area contributed by atoms with Crippen LogP contribution in [0.2, 0.25) is 0 Å². The predicted octanol–water partition coefficient (Wildman–Crippen LogP) is 5.22. The second-order valence-corrected chi connectivity index (χ2v) is 11.8. The highest BCUT2D eigenvalue weighted by atomic mass is 32.2. The van der Waals surface area contributed by atoms with E-state index in [-0.39, 0.29) is 23.8 Å². The molecule has 1 N–H and O–H groups in total. The van der Waals surface area contributed by atoms with Crippen molar-refractivity contribution in [2.75, 3.05) is 17.4 Å². The van der Waals surface area contributed by atoms with E-state index in [1.54, 1.807) is 30.3 Å². The molecule has 0 saturated heterocycles. The molecular formula is C34H37N3O4S. The van der Waals surface area contributed by atoms with Crippen molar-refractivity contribution in [3.63, 3.8) is 0 Å². The number of rotatable bonds is 13. The van der Waals surface area contributed by atoms with Crippen LogP contribution in [0.4, 0.5) is 5.69 Å². The molecule has 0 spiro atoms. The Kier molecular flexibility index (Phi) is 10.5. The van der Waals surface area contributed by atoms with Crippen molar-refractivity contribution in [2.24, 2.45) is 0 Å². The second kappa shape index (κ2) is 14.5. The number of anilines is 1. The summed E-state index contributed by atoms with van der Waals surface area (Å²) in [5.74, 6) is -0.770. The Bertz CT molecular complexity index is 1560. The number of carbonyl (C=O) groups is 2. The fraction of sp³-hybridized carbons (Fsp3) is 0.235. The van der Waals surface area contributed by atoms with E-state index in [0.717, 1.165) is 16.7 Å². The van der Waals surface area contributed by atoms with Gasteiger partial charge in [0.25, 0.3) is 10.0 Å². The van der Waals surface area contributed by atoms with Crippen molar-refractivity contribution in [1.82, 2.24) is 10.2 Å². The quantitative estimate of drug-likeness (QED) is 0.234. The molecule has 4 aromatic carbocycles. The summed E-state index contributed by atoms with van der Waals surface area (Å²) in [6, 6.07) is 33.4. The molecule has 0 bridgehead atoms. The minimum atomic E-state index is -4.12. The van der Waals surface area contributed by atoms with Crippen molar-refractivity contribution in [1.29, 1.82) is 0 Å². The van der Waals surface area contributed by atoms with Crippen LogP contribution < -0.4 is 9.62 Å². The topological polar surface area (TPSA) is 86.8 Å². The summed E-state index contributed by atoms with van der Waals surface area (Å²) in [4.78, 5) is 29.5. The highest BCUT2D eigenvalue weighted by Crippen LogP contribution is 2.28. The van der Waals surface area contributed by atoms with E-state index in [0.29, 0.717) is 18.7 Å². The highest BCUT2D eigenvalue weighted by Gasteiger charge is 2.35. The lowest BCUT2D eigenvalue weighted by atomic mass is 10.0. The zero-order chi connectivity index (χ0) is 30.0. The molecule has 2 amide bonds. The molecule has 8 heteroatoms. The first kappa shape index (κ1) is 30.5. The minimum absolute atomic E-state index is 0.0860. The number of nitrogens with one attached hydrogen (secondary N) is 1. The number of para-hydroxylation sites is 1. The van der Waals surface area contributed by atoms with E-state index in [9.17, 15) is 18.0 Å². The van der Waals surface area contributed by atoms with Gasteiger partial charge in [-0.25, -0.2) is 8.42 Å². The number of aryl methyl sites for hydroxylation is 1. The maximum Gasteiger partial charge on any atom is 0.264 e. The van der Waals surface area contributed by atoms with Crippen molar-refractivity contribution in [3.8, 4) is 0 Å². The van der Waals surface area contributed by atoms with Gasteiger partial charge in [0.1, 0.15) is 12.6 Å². The van der Waals surface area contributed by atoms with Gasteiger partial charge in [0, 0.05) is 19.5 Å². The van der Waals surface area contributed by atoms with Crippen molar-refractivity contribution in [3.05, 3.63) is 132 Å². The largest absolute Gasteiger partial charge is 0.355 e. The molecule has 1 unspecified atom stereocenters. The van der Waals surface area contributed by atoms with Crippen LogP contribution in [-0.2, 0) is 39.0 Å². The maximum absolute atomic E-state index is 14.4. The lowest BCUT2D eigenvalue weighted by molar-refractivity contribution is -0.140. The Labute approximate surface area is 248 Å². The van der Waals surface area contributed by atoms with Crippen LogP contribution in [-0.4, -0.2) is 44.3 Å². The van der Waals surface area contributed by atoms with Crippen LogP contribution in [0.5, 0.6) is 0 Å². The van der Waals surface area contributed by atoms with Crippen molar-refractivity contribution >= 4 is 27.5 Å². The number of benzene rings is 4. The molecule has 7 nitrogen and oxygen atoms in total. The monoisotopic (exact) mass is 583 g/mol. The lowest BCUT2D eigenvalue weighted by Gasteiger charge is -2.34. The lowest BCUT2D eigenvalue weighted by Crippen LogP contribution is -2.53. The standard InChI is InChI=1S/C34H37N3O4S/c1-3-29-20-14-15-23-31(29)37(42(40,41)30-21-12-7-13-22-30)26-33(38)36(25-28-18-10-6-11-19-28)32(34(39)35-4-2)24-27-16-8-5-9-17-27/h5-23,32H,3-4,24-26H2,1-2H3,(H,35,39). The molecule has 0 aliphatic carbocycles. The minimum Gasteiger partial charge on any atom is -0.355 e. The van der Waals surface area contributed by atoms with Crippen LogP contribution in [0.25, 0.3) is 0 Å². The molecule has 0 heterocycles. The number of amides is 2. The Morgan fingerprint density at radius 3 is 1.88 bits per heavy atom. The van der Waals surface area contributed by atoms with E-state index < -0.39 is 28.5 Å². The zero-order valence-electron chi connectivity index (χ0n) is 24.0. The van der Waals surface area contributed by atoms with E-state index >= 15 is 0 Å². The van der Waals surface area contributed by atoms with E-state index in [2.05, 4.69) is 5.32 Å². The Hall–Kier alpha value is -4.43. The molecule has 4 aromatic rings. The van der Waals surface area contributed by atoms with Crippen molar-refractivity contribution < 1.29 is 18.0 Å². The third-order valence-electron chi connectivity index (χ3n) is 7.07. The summed E-state index contributed by atoms with van der Waals surface area (Å²) < 4.78 is 29.4. The number of sulfonamides is 1. The van der Waals surface area contributed by atoms with Gasteiger partial charge in [-0.2, -0.15) is 0 Å². The molecule has 4 rings (SSSR count). The van der Waals surface area contributed by atoms with Crippen LogP contribution in [0.1, 0.15) is 30.5 Å². The molecule has 42 heavy (non-hydrogen) atoms. The first-order valence-electron chi connectivity index (χ1n) is 14.2. The Balaban J connectivity index is 1.80. The number of likely N-dealkylation sites (N-methyl/N-ethyl adjacent to an activating group) is 1. The van der Waals surface area contributed by atoms with Crippen LogP contribution >= 0.6 is 0 Å². The van der Waals surface area contributed by atoms with E-state index in [1.165, 1.54) is 21.3 Å². The highest BCUT2D eigenvalue weighted by molar-refractivity contribution is 7.92. The smallest absolute Gasteiger partial charge is 0.264 e. The summed E-state index contributed by atoms with van der Waals surface area (Å²) >= 11 is 0. The summed E-state index contributed by atoms with van der Waals surface area (Å²) in [5.41, 5.74) is 2.96. The fourth-order valence-electron chi connectivity index (χ4n) is 4.91. The molecule has 0 aliphatic rings. The Morgan fingerprint density at radius 2 is 1.29 bits per heavy atom. The SMILES string of the molecule is CCNC(=O)C(Cc1ccccc1)N(Cc1ccccc1)C(=O)CN(c1ccccc1CC)S(=O)(=O)c1ccccc1. The number of nitrogens with zero attached hydrogens (tertiary/aromatic N) is 2. The van der Waals surface area contributed by atoms with Crippen LogP contribution in [0, 0.1) is 0 Å². The average molecular weight is 584 g/mol. The first-order chi connectivity index (χ1) is 20.3. The average Bonchev–Trinajstić information content (AvgIpc) is 3.03. The molecular weight excluding hydrogens is 546 g/mol. The van der Waals surface area contributed by atoms with Gasteiger partial charge in [-0.3, -0.25) is 13.9 Å². The van der Waals surface area contributed by atoms with Gasteiger partial charge < -0.3 is 10.2 Å². The molecule has 0 aliphatic heterocycles. The zero-order valence-corrected chi connectivity index (χ0v) is 24.8. The van der Waals surface area contributed by atoms with Crippen LogP contribution in [0.3, 0.4) is 0 Å². The molecule has 0 fully saturated rings. The number of carbonyl (C=O) groups excluding carboxylic acids is 2.